The van der Waals surface area contributed by atoms with Crippen molar-refractivity contribution in [2.24, 2.45) is 0 Å². The number of aryl methyl sites for hydroxylation is 2. The summed E-state index contributed by atoms with van der Waals surface area (Å²) >= 11 is 0. The lowest BCUT2D eigenvalue weighted by molar-refractivity contribution is 0.409. The first-order valence-corrected chi connectivity index (χ1v) is 17.3. The quantitative estimate of drug-likeness (QED) is 0.161. The summed E-state index contributed by atoms with van der Waals surface area (Å²) in [5, 5.41) is 7.98. The molecule has 8 aromatic rings. The Morgan fingerprint density at radius 1 is 0.440 bits per heavy atom. The minimum Gasteiger partial charge on any atom is -0.497 e. The highest BCUT2D eigenvalue weighted by Gasteiger charge is 2.44. The summed E-state index contributed by atoms with van der Waals surface area (Å²) < 4.78 is 25.0. The van der Waals surface area contributed by atoms with Gasteiger partial charge in [0.2, 0.25) is 0 Å². The van der Waals surface area contributed by atoms with Crippen LogP contribution in [0.5, 0.6) is 34.5 Å². The molecule has 0 N–H and O–H groups in total. The predicted molar refractivity (Wildman–Crippen MR) is 206 cm³/mol. The molecule has 8 aromatic carbocycles. The zero-order valence-electron chi connectivity index (χ0n) is 28.0. The van der Waals surface area contributed by atoms with Gasteiger partial charge < -0.3 is 18.9 Å². The van der Waals surface area contributed by atoms with E-state index in [1.807, 2.05) is 0 Å². The summed E-state index contributed by atoms with van der Waals surface area (Å²) in [6, 6.07) is 35.4. The van der Waals surface area contributed by atoms with Gasteiger partial charge in [-0.2, -0.15) is 0 Å². The fourth-order valence-electron chi connectivity index (χ4n) is 9.96. The number of ether oxygens (including phenoxy) is 4. The van der Waals surface area contributed by atoms with Crippen molar-refractivity contribution in [3.63, 3.8) is 0 Å². The van der Waals surface area contributed by atoms with E-state index in [0.717, 1.165) is 34.5 Å². The Bertz CT molecular complexity index is 2690. The van der Waals surface area contributed by atoms with Crippen LogP contribution in [-0.2, 0) is 0 Å². The Labute approximate surface area is 289 Å². The van der Waals surface area contributed by atoms with Crippen LogP contribution in [0.25, 0.3) is 54.6 Å². The molecule has 4 aliphatic rings. The molecule has 0 amide bonds. The molecule has 4 heterocycles. The summed E-state index contributed by atoms with van der Waals surface area (Å²) in [7, 11) is 3.48. The first kappa shape index (κ1) is 27.0. The van der Waals surface area contributed by atoms with Gasteiger partial charge >= 0.3 is 0 Å². The lowest BCUT2D eigenvalue weighted by atomic mass is 9.32. The normalized spacial score (nSPS) is 13.8. The Balaban J connectivity index is 1.30. The zero-order chi connectivity index (χ0) is 33.2. The van der Waals surface area contributed by atoms with E-state index in [2.05, 4.69) is 111 Å². The second-order valence-electron chi connectivity index (χ2n) is 14.3. The van der Waals surface area contributed by atoms with E-state index in [4.69, 9.17) is 18.9 Å². The standard InChI is InChI=1S/C44H28B2O4/c1-21-13-27-29-15-23(47-3)17-37-43(29)46(32-10-6-8-12-36(32)49-37)34-20-26-22(2)14-28-30-16-24(48-4)18-38-44(30)45(31-9-5-7-11-35(31)50-38)33-19-25(21)41(39(27)34)42(26)40(28)33/h5-20H,1-4H3. The van der Waals surface area contributed by atoms with Gasteiger partial charge in [-0.25, -0.2) is 0 Å². The monoisotopic (exact) mass is 642 g/mol. The van der Waals surface area contributed by atoms with Gasteiger partial charge in [0.05, 0.1) is 14.2 Å². The van der Waals surface area contributed by atoms with Crippen LogP contribution < -0.4 is 51.7 Å². The highest BCUT2D eigenvalue weighted by molar-refractivity contribution is 7.01. The molecule has 0 aliphatic carbocycles. The van der Waals surface area contributed by atoms with Crippen molar-refractivity contribution in [3.8, 4) is 56.8 Å². The lowest BCUT2D eigenvalue weighted by Gasteiger charge is -2.37. The molecule has 0 bridgehead atoms. The molecule has 0 saturated carbocycles. The molecule has 0 saturated heterocycles. The highest BCUT2D eigenvalue weighted by Crippen LogP contribution is 2.48. The first-order valence-electron chi connectivity index (χ1n) is 17.3. The van der Waals surface area contributed by atoms with Crippen LogP contribution in [0.4, 0.5) is 0 Å². The van der Waals surface area contributed by atoms with Gasteiger partial charge in [0.25, 0.3) is 13.4 Å². The van der Waals surface area contributed by atoms with Crippen LogP contribution in [0.3, 0.4) is 0 Å². The fraction of sp³-hybridized carbons (Fsp3) is 0.0909. The van der Waals surface area contributed by atoms with Gasteiger partial charge in [-0.3, -0.25) is 0 Å². The third-order valence-electron chi connectivity index (χ3n) is 12.0. The van der Waals surface area contributed by atoms with Crippen LogP contribution in [-0.4, -0.2) is 27.6 Å². The number of fused-ring (bicyclic) bond motifs is 8. The smallest absolute Gasteiger partial charge is 0.252 e. The van der Waals surface area contributed by atoms with E-state index in [0.29, 0.717) is 0 Å². The second kappa shape index (κ2) is 9.02. The van der Waals surface area contributed by atoms with Crippen LogP contribution in [0.2, 0.25) is 0 Å². The van der Waals surface area contributed by atoms with E-state index < -0.39 is 0 Å². The maximum absolute atomic E-state index is 6.64. The molecular weight excluding hydrogens is 614 g/mol. The topological polar surface area (TPSA) is 36.9 Å². The summed E-state index contributed by atoms with van der Waals surface area (Å²) in [5.41, 5.74) is 14.9. The zero-order valence-corrected chi connectivity index (χ0v) is 28.0. The fourth-order valence-corrected chi connectivity index (χ4v) is 9.96. The SMILES string of the molecule is COc1cc2c3c(c1)-c1cc(C)c4cc5c6c(cc(C)c7cc(c1c4c76)B3c1ccccc1O2)-c1cc(OC)cc2c1B5c1ccccc1O2. The van der Waals surface area contributed by atoms with Crippen LogP contribution in [0.15, 0.2) is 97.1 Å². The molecule has 4 nitrogen and oxygen atoms in total. The summed E-state index contributed by atoms with van der Waals surface area (Å²) in [5.74, 6) is 5.17. The Kier molecular flexibility index (Phi) is 4.87. The molecule has 0 aromatic heterocycles. The Morgan fingerprint density at radius 3 is 1.32 bits per heavy atom. The van der Waals surface area contributed by atoms with Crippen molar-refractivity contribution in [1.82, 2.24) is 0 Å². The van der Waals surface area contributed by atoms with Crippen LogP contribution >= 0.6 is 0 Å². The lowest BCUT2D eigenvalue weighted by Crippen LogP contribution is -2.58. The summed E-state index contributed by atoms with van der Waals surface area (Å²) in [6.45, 7) is 4.63. The number of hydrogen-bond acceptors (Lipinski definition) is 4. The molecule has 0 unspecified atom stereocenters. The Hall–Kier alpha value is -5.87. The van der Waals surface area contributed by atoms with E-state index in [-0.39, 0.29) is 13.4 Å². The van der Waals surface area contributed by atoms with Gasteiger partial charge in [0, 0.05) is 12.1 Å². The van der Waals surface area contributed by atoms with E-state index in [1.54, 1.807) is 14.2 Å². The second-order valence-corrected chi connectivity index (χ2v) is 14.3. The average Bonchev–Trinajstić information content (AvgIpc) is 3.14. The molecule has 0 spiro atoms. The van der Waals surface area contributed by atoms with Gasteiger partial charge in [0.1, 0.15) is 34.5 Å². The molecule has 0 radical (unpaired) electrons. The molecule has 50 heavy (non-hydrogen) atoms. The molecule has 0 fully saturated rings. The number of rotatable bonds is 2. The third kappa shape index (κ3) is 3.08. The number of methoxy groups -OCH3 is 2. The van der Waals surface area contributed by atoms with Crippen molar-refractivity contribution >= 4 is 78.5 Å². The van der Waals surface area contributed by atoms with E-state index >= 15 is 0 Å². The van der Waals surface area contributed by atoms with Crippen LogP contribution in [0, 0.1) is 13.8 Å². The first-order chi connectivity index (χ1) is 24.5. The Morgan fingerprint density at radius 2 is 0.880 bits per heavy atom. The maximum Gasteiger partial charge on any atom is 0.252 e. The van der Waals surface area contributed by atoms with E-state index in [1.165, 1.54) is 98.5 Å². The average molecular weight is 642 g/mol. The van der Waals surface area contributed by atoms with Crippen LogP contribution in [0.1, 0.15) is 11.1 Å². The minimum absolute atomic E-state index is 0.0408. The van der Waals surface area contributed by atoms with Crippen molar-refractivity contribution in [2.45, 2.75) is 13.8 Å². The number of hydrogen-bond donors (Lipinski definition) is 0. The van der Waals surface area contributed by atoms with Crippen molar-refractivity contribution in [2.75, 3.05) is 14.2 Å². The van der Waals surface area contributed by atoms with Gasteiger partial charge in [-0.1, -0.05) is 71.6 Å². The van der Waals surface area contributed by atoms with Gasteiger partial charge in [-0.05, 0) is 126 Å². The molecule has 12 rings (SSSR count). The molecule has 4 aliphatic heterocycles. The molecule has 6 heteroatoms. The summed E-state index contributed by atoms with van der Waals surface area (Å²) in [6.07, 6.45) is 0. The van der Waals surface area contributed by atoms with Crippen molar-refractivity contribution in [1.29, 1.82) is 0 Å². The third-order valence-corrected chi connectivity index (χ3v) is 12.0. The largest absolute Gasteiger partial charge is 0.497 e. The van der Waals surface area contributed by atoms with E-state index in [9.17, 15) is 0 Å². The molecule has 234 valence electrons. The molecule has 0 atom stereocenters. The molecular formula is C44H28B2O4. The van der Waals surface area contributed by atoms with Gasteiger partial charge in [-0.15, -0.1) is 0 Å². The van der Waals surface area contributed by atoms with Gasteiger partial charge in [0.15, 0.2) is 0 Å². The van der Waals surface area contributed by atoms with Crippen molar-refractivity contribution in [3.05, 3.63) is 108 Å². The number of para-hydroxylation sites is 2. The van der Waals surface area contributed by atoms with Crippen molar-refractivity contribution < 1.29 is 18.9 Å². The maximum atomic E-state index is 6.64. The minimum atomic E-state index is 0.0408. The highest BCUT2D eigenvalue weighted by atomic mass is 16.5. The number of benzene rings is 8. The summed E-state index contributed by atoms with van der Waals surface area (Å²) in [4.78, 5) is 0. The predicted octanol–water partition coefficient (Wildman–Crippen LogP) is 6.42.